The lowest BCUT2D eigenvalue weighted by atomic mass is 10.1. The summed E-state index contributed by atoms with van der Waals surface area (Å²) in [7, 11) is -3.58. The van der Waals surface area contributed by atoms with Crippen LogP contribution in [0.25, 0.3) is 22.1 Å². The van der Waals surface area contributed by atoms with E-state index in [2.05, 4.69) is 24.0 Å². The van der Waals surface area contributed by atoms with Crippen molar-refractivity contribution in [3.05, 3.63) is 59.4 Å². The number of aromatic nitrogens is 2. The predicted molar refractivity (Wildman–Crippen MR) is 125 cm³/mol. The Bertz CT molecular complexity index is 1210. The molecule has 0 aliphatic carbocycles. The van der Waals surface area contributed by atoms with Crippen LogP contribution in [-0.4, -0.2) is 48.6 Å². The summed E-state index contributed by atoms with van der Waals surface area (Å²) < 4.78 is 34.8. The van der Waals surface area contributed by atoms with Crippen molar-refractivity contribution < 1.29 is 13.2 Å². The summed E-state index contributed by atoms with van der Waals surface area (Å²) >= 11 is 6.66. The second-order valence-corrected chi connectivity index (χ2v) is 9.78. The molecule has 31 heavy (non-hydrogen) atoms. The van der Waals surface area contributed by atoms with Gasteiger partial charge in [0.15, 0.2) is 5.82 Å². The Hall–Kier alpha value is -2.19. The average molecular weight is 460 g/mol. The Labute approximate surface area is 188 Å². The third-order valence-electron chi connectivity index (χ3n) is 5.54. The van der Waals surface area contributed by atoms with Gasteiger partial charge < -0.3 is 9.30 Å². The van der Waals surface area contributed by atoms with Crippen LogP contribution in [-0.2, 0) is 27.7 Å². The number of morpholine rings is 1. The maximum Gasteiger partial charge on any atom is 0.243 e. The van der Waals surface area contributed by atoms with Gasteiger partial charge in [-0.25, -0.2) is 13.4 Å². The molecule has 2 aromatic carbocycles. The molecule has 0 atom stereocenters. The van der Waals surface area contributed by atoms with E-state index in [1.807, 2.05) is 35.8 Å². The molecule has 8 heteroatoms. The van der Waals surface area contributed by atoms with Gasteiger partial charge in [0.05, 0.1) is 34.2 Å². The molecule has 1 aliphatic rings. The molecule has 1 saturated heterocycles. The SMILES string of the molecule is CCc1ccc(/C=C(\Cl)c2nc3cc(S(=O)(=O)N4CCOCC4)ccc3n2CC)cc1. The quantitative estimate of drug-likeness (QED) is 0.548. The van der Waals surface area contributed by atoms with Crippen LogP contribution in [0, 0.1) is 0 Å². The van der Waals surface area contributed by atoms with Gasteiger partial charge >= 0.3 is 0 Å². The maximum atomic E-state index is 13.0. The summed E-state index contributed by atoms with van der Waals surface area (Å²) in [5.41, 5.74) is 3.72. The highest BCUT2D eigenvalue weighted by Crippen LogP contribution is 2.28. The van der Waals surface area contributed by atoms with Crippen LogP contribution < -0.4 is 0 Å². The minimum Gasteiger partial charge on any atom is -0.379 e. The number of sulfonamides is 1. The zero-order valence-corrected chi connectivity index (χ0v) is 19.3. The summed E-state index contributed by atoms with van der Waals surface area (Å²) in [5, 5.41) is 0.514. The Morgan fingerprint density at radius 3 is 2.48 bits per heavy atom. The van der Waals surface area contributed by atoms with Crippen LogP contribution in [0.1, 0.15) is 30.8 Å². The number of fused-ring (bicyclic) bond motifs is 1. The zero-order chi connectivity index (χ0) is 22.0. The monoisotopic (exact) mass is 459 g/mol. The molecule has 0 amide bonds. The van der Waals surface area contributed by atoms with Gasteiger partial charge in [0, 0.05) is 19.6 Å². The fourth-order valence-electron chi connectivity index (χ4n) is 3.77. The standard InChI is InChI=1S/C23H26ClN3O3S/c1-3-17-5-7-18(8-6-17)15-20(24)23-25-21-16-19(9-10-22(21)27(23)4-2)31(28,29)26-11-13-30-14-12-26/h5-10,15-16H,3-4,11-14H2,1-2H3/b20-15-. The molecule has 1 fully saturated rings. The normalized spacial score (nSPS) is 16.2. The molecule has 4 rings (SSSR count). The zero-order valence-electron chi connectivity index (χ0n) is 17.7. The van der Waals surface area contributed by atoms with Crippen molar-refractivity contribution in [3.8, 4) is 0 Å². The highest BCUT2D eigenvalue weighted by atomic mass is 35.5. The van der Waals surface area contributed by atoms with Gasteiger partial charge in [-0.2, -0.15) is 4.31 Å². The number of aryl methyl sites for hydroxylation is 2. The van der Waals surface area contributed by atoms with Crippen molar-refractivity contribution in [2.45, 2.75) is 31.7 Å². The van der Waals surface area contributed by atoms with Crippen molar-refractivity contribution in [2.75, 3.05) is 26.3 Å². The second kappa shape index (κ2) is 9.12. The largest absolute Gasteiger partial charge is 0.379 e. The summed E-state index contributed by atoms with van der Waals surface area (Å²) in [6, 6.07) is 13.3. The van der Waals surface area contributed by atoms with Crippen molar-refractivity contribution in [1.82, 2.24) is 13.9 Å². The molecule has 0 radical (unpaired) electrons. The number of rotatable bonds is 6. The fraction of sp³-hybridized carbons (Fsp3) is 0.348. The topological polar surface area (TPSA) is 64.4 Å². The molecule has 0 spiro atoms. The van der Waals surface area contributed by atoms with E-state index in [4.69, 9.17) is 16.3 Å². The van der Waals surface area contributed by atoms with Gasteiger partial charge in [-0.05, 0) is 48.7 Å². The molecular formula is C23H26ClN3O3S. The van der Waals surface area contributed by atoms with E-state index in [-0.39, 0.29) is 4.90 Å². The van der Waals surface area contributed by atoms with Gasteiger partial charge in [-0.3, -0.25) is 0 Å². The van der Waals surface area contributed by atoms with Crippen molar-refractivity contribution in [1.29, 1.82) is 0 Å². The first-order chi connectivity index (χ1) is 14.9. The lowest BCUT2D eigenvalue weighted by molar-refractivity contribution is 0.0730. The van der Waals surface area contributed by atoms with E-state index in [1.54, 1.807) is 12.1 Å². The highest BCUT2D eigenvalue weighted by Gasteiger charge is 2.27. The Kier molecular flexibility index (Phi) is 6.48. The summed E-state index contributed by atoms with van der Waals surface area (Å²) in [5.74, 6) is 0.625. The van der Waals surface area contributed by atoms with E-state index >= 15 is 0 Å². The van der Waals surface area contributed by atoms with Gasteiger partial charge in [0.2, 0.25) is 10.0 Å². The Balaban J connectivity index is 1.72. The van der Waals surface area contributed by atoms with Crippen LogP contribution in [0.15, 0.2) is 47.4 Å². The molecule has 164 valence electrons. The van der Waals surface area contributed by atoms with Crippen LogP contribution in [0.3, 0.4) is 0 Å². The van der Waals surface area contributed by atoms with Gasteiger partial charge in [0.1, 0.15) is 0 Å². The van der Waals surface area contributed by atoms with E-state index in [9.17, 15) is 8.42 Å². The molecule has 6 nitrogen and oxygen atoms in total. The Morgan fingerprint density at radius 1 is 1.13 bits per heavy atom. The predicted octanol–water partition coefficient (Wildman–Crippen LogP) is 4.38. The number of imidazole rings is 1. The second-order valence-electron chi connectivity index (χ2n) is 7.43. The fourth-order valence-corrected chi connectivity index (χ4v) is 5.47. The number of halogens is 1. The summed E-state index contributed by atoms with van der Waals surface area (Å²) in [6.07, 6.45) is 2.87. The highest BCUT2D eigenvalue weighted by molar-refractivity contribution is 7.89. The third-order valence-corrected chi connectivity index (χ3v) is 7.71. The van der Waals surface area contributed by atoms with Gasteiger partial charge in [-0.15, -0.1) is 0 Å². The van der Waals surface area contributed by atoms with Crippen molar-refractivity contribution in [3.63, 3.8) is 0 Å². The average Bonchev–Trinajstić information content (AvgIpc) is 3.18. The maximum absolute atomic E-state index is 13.0. The van der Waals surface area contributed by atoms with Crippen LogP contribution >= 0.6 is 11.6 Å². The molecule has 2 heterocycles. The lowest BCUT2D eigenvalue weighted by Crippen LogP contribution is -2.40. The number of benzene rings is 2. The third kappa shape index (κ3) is 4.41. The number of hydrogen-bond acceptors (Lipinski definition) is 4. The van der Waals surface area contributed by atoms with Crippen molar-refractivity contribution in [2.24, 2.45) is 0 Å². The van der Waals surface area contributed by atoms with Gasteiger partial charge in [0.25, 0.3) is 0 Å². The lowest BCUT2D eigenvalue weighted by Gasteiger charge is -2.26. The molecule has 1 aliphatic heterocycles. The van der Waals surface area contributed by atoms with Crippen LogP contribution in [0.4, 0.5) is 0 Å². The van der Waals surface area contributed by atoms with Crippen molar-refractivity contribution >= 4 is 43.8 Å². The molecular weight excluding hydrogens is 434 g/mol. The first-order valence-corrected chi connectivity index (χ1v) is 12.3. The first-order valence-electron chi connectivity index (χ1n) is 10.5. The number of hydrogen-bond donors (Lipinski definition) is 0. The van der Waals surface area contributed by atoms with E-state index in [0.717, 1.165) is 17.5 Å². The first kappa shape index (κ1) is 22.0. The van der Waals surface area contributed by atoms with Crippen LogP contribution in [0.2, 0.25) is 0 Å². The Morgan fingerprint density at radius 2 is 1.84 bits per heavy atom. The molecule has 0 unspecified atom stereocenters. The minimum absolute atomic E-state index is 0.240. The van der Waals surface area contributed by atoms with E-state index in [1.165, 1.54) is 9.87 Å². The minimum atomic E-state index is -3.58. The molecule has 0 bridgehead atoms. The molecule has 3 aromatic rings. The summed E-state index contributed by atoms with van der Waals surface area (Å²) in [6.45, 7) is 6.35. The molecule has 1 aromatic heterocycles. The van der Waals surface area contributed by atoms with E-state index in [0.29, 0.717) is 49.2 Å². The molecule has 0 N–H and O–H groups in total. The van der Waals surface area contributed by atoms with Gasteiger partial charge in [-0.1, -0.05) is 42.8 Å². The summed E-state index contributed by atoms with van der Waals surface area (Å²) in [4.78, 5) is 4.93. The van der Waals surface area contributed by atoms with Crippen LogP contribution in [0.5, 0.6) is 0 Å². The number of nitrogens with zero attached hydrogens (tertiary/aromatic N) is 3. The number of ether oxygens (including phenoxy) is 1. The molecule has 0 saturated carbocycles. The van der Waals surface area contributed by atoms with E-state index < -0.39 is 10.0 Å². The smallest absolute Gasteiger partial charge is 0.243 e.